The minimum Gasteiger partial charge on any atom is -0.466 e. The second-order valence-corrected chi connectivity index (χ2v) is 8.73. The molecule has 1 amide bonds. The highest BCUT2D eigenvalue weighted by Crippen LogP contribution is 2.40. The number of rotatable bonds is 10. The number of carbonyl (C=O) groups excluding carboxylic acids is 2. The van der Waals surface area contributed by atoms with Gasteiger partial charge in [0.2, 0.25) is 11.8 Å². The first kappa shape index (κ1) is 25.6. The summed E-state index contributed by atoms with van der Waals surface area (Å²) in [6.07, 6.45) is 0.228. The van der Waals surface area contributed by atoms with Crippen molar-refractivity contribution in [3.05, 3.63) is 53.2 Å². The molecule has 34 heavy (non-hydrogen) atoms. The maximum absolute atomic E-state index is 13.7. The van der Waals surface area contributed by atoms with Crippen LogP contribution in [-0.4, -0.2) is 54.6 Å². The van der Waals surface area contributed by atoms with Crippen molar-refractivity contribution in [1.82, 2.24) is 9.88 Å². The second kappa shape index (κ2) is 10.9. The fraction of sp³-hybridized carbons (Fsp3) is 0.480. The number of nitrogens with zero attached hydrogens (tertiary/aromatic N) is 2. The molecule has 0 aliphatic carbocycles. The van der Waals surface area contributed by atoms with Gasteiger partial charge in [-0.3, -0.25) is 14.5 Å². The average Bonchev–Trinajstić information content (AvgIpc) is 2.74. The van der Waals surface area contributed by atoms with Gasteiger partial charge in [-0.15, -0.1) is 0 Å². The van der Waals surface area contributed by atoms with Gasteiger partial charge in [0.1, 0.15) is 5.69 Å². The molecule has 1 fully saturated rings. The van der Waals surface area contributed by atoms with Crippen LogP contribution in [0.1, 0.15) is 49.9 Å². The number of hydrogen-bond donors (Lipinski definition) is 1. The van der Waals surface area contributed by atoms with Crippen LogP contribution in [0, 0.1) is 6.92 Å². The van der Waals surface area contributed by atoms with Gasteiger partial charge >= 0.3 is 12.6 Å². The minimum atomic E-state index is -3.07. The predicted molar refractivity (Wildman–Crippen MR) is 124 cm³/mol. The van der Waals surface area contributed by atoms with Crippen LogP contribution in [0.5, 0.6) is 5.88 Å². The maximum Gasteiger partial charge on any atom is 0.388 e. The molecular weight excluding hydrogens is 444 g/mol. The van der Waals surface area contributed by atoms with E-state index >= 15 is 0 Å². The molecule has 1 saturated heterocycles. The van der Waals surface area contributed by atoms with Crippen molar-refractivity contribution in [1.29, 1.82) is 0 Å². The number of benzene rings is 1. The van der Waals surface area contributed by atoms with E-state index in [9.17, 15) is 18.4 Å². The number of nitrogens with one attached hydrogen (secondary N) is 1. The van der Waals surface area contributed by atoms with Crippen molar-refractivity contribution in [2.24, 2.45) is 0 Å². The molecule has 7 nitrogen and oxygen atoms in total. The zero-order chi connectivity index (χ0) is 24.9. The summed E-state index contributed by atoms with van der Waals surface area (Å²) >= 11 is 0. The van der Waals surface area contributed by atoms with Crippen molar-refractivity contribution in [3.63, 3.8) is 0 Å². The van der Waals surface area contributed by atoms with Crippen molar-refractivity contribution in [3.8, 4) is 5.88 Å². The number of ether oxygens (including phenoxy) is 2. The van der Waals surface area contributed by atoms with E-state index in [4.69, 9.17) is 4.74 Å². The van der Waals surface area contributed by atoms with Crippen LogP contribution >= 0.6 is 0 Å². The highest BCUT2D eigenvalue weighted by molar-refractivity contribution is 6.01. The Hall–Kier alpha value is -3.07. The lowest BCUT2D eigenvalue weighted by molar-refractivity contribution is -0.144. The molecule has 1 aliphatic heterocycles. The summed E-state index contributed by atoms with van der Waals surface area (Å²) in [5, 5.41) is 2.78. The highest BCUT2D eigenvalue weighted by Gasteiger charge is 2.51. The summed E-state index contributed by atoms with van der Waals surface area (Å²) in [5.41, 5.74) is 1.58. The molecule has 2 heterocycles. The molecule has 1 N–H and O–H groups in total. The quantitative estimate of drug-likeness (QED) is 0.517. The number of anilines is 1. The molecule has 1 aromatic carbocycles. The summed E-state index contributed by atoms with van der Waals surface area (Å²) in [6.45, 7) is 5.99. The lowest BCUT2D eigenvalue weighted by atomic mass is 9.69. The van der Waals surface area contributed by atoms with Crippen molar-refractivity contribution in [2.45, 2.75) is 52.1 Å². The summed E-state index contributed by atoms with van der Waals surface area (Å²) in [6, 6.07) is 10.9. The Morgan fingerprint density at radius 3 is 2.53 bits per heavy atom. The lowest BCUT2D eigenvalue weighted by Crippen LogP contribution is -2.65. The fourth-order valence-corrected chi connectivity index (χ4v) is 4.27. The van der Waals surface area contributed by atoms with E-state index in [0.717, 1.165) is 11.1 Å². The Bertz CT molecular complexity index is 1020. The van der Waals surface area contributed by atoms with Crippen LogP contribution in [-0.2, 0) is 19.7 Å². The molecule has 0 saturated carbocycles. The normalized spacial score (nSPS) is 15.2. The number of pyridine rings is 1. The van der Waals surface area contributed by atoms with E-state index in [1.54, 1.807) is 19.9 Å². The number of aryl methyl sites for hydroxylation is 1. The minimum absolute atomic E-state index is 0.0854. The Labute approximate surface area is 198 Å². The van der Waals surface area contributed by atoms with Crippen LogP contribution in [0.2, 0.25) is 0 Å². The van der Waals surface area contributed by atoms with E-state index < -0.39 is 12.0 Å². The standard InChI is InChI=1S/C25H31F2N3O4/c1-5-33-21(31)12-13-30-14-25(15-30,19-9-7-6-8-18(19)16(2)3)23(32)29-20-11-10-17(4)28-22(20)34-24(26)27/h6-11,16,24H,5,12-15H2,1-4H3,(H,29,32). The van der Waals surface area contributed by atoms with Crippen LogP contribution in [0.15, 0.2) is 36.4 Å². The number of likely N-dealkylation sites (tertiary alicyclic amines) is 1. The molecule has 1 aromatic heterocycles. The zero-order valence-electron chi connectivity index (χ0n) is 19.9. The summed E-state index contributed by atoms with van der Waals surface area (Å²) in [7, 11) is 0. The summed E-state index contributed by atoms with van der Waals surface area (Å²) in [5.74, 6) is -0.772. The number of alkyl halides is 2. The molecule has 0 atom stereocenters. The monoisotopic (exact) mass is 475 g/mol. The first-order valence-electron chi connectivity index (χ1n) is 11.4. The Kier molecular flexibility index (Phi) is 8.19. The van der Waals surface area contributed by atoms with Crippen LogP contribution in [0.3, 0.4) is 0 Å². The van der Waals surface area contributed by atoms with E-state index in [2.05, 4.69) is 28.9 Å². The predicted octanol–water partition coefficient (Wildman–Crippen LogP) is 4.26. The van der Waals surface area contributed by atoms with Gasteiger partial charge in [-0.2, -0.15) is 8.78 Å². The van der Waals surface area contributed by atoms with E-state index in [-0.39, 0.29) is 35.8 Å². The number of aromatic nitrogens is 1. The van der Waals surface area contributed by atoms with Gasteiger partial charge in [-0.05, 0) is 43.0 Å². The molecule has 184 valence electrons. The van der Waals surface area contributed by atoms with E-state index in [0.29, 0.717) is 31.9 Å². The van der Waals surface area contributed by atoms with E-state index in [1.165, 1.54) is 6.07 Å². The van der Waals surface area contributed by atoms with Crippen molar-refractivity contribution >= 4 is 17.6 Å². The van der Waals surface area contributed by atoms with Gasteiger partial charge in [0.25, 0.3) is 0 Å². The Morgan fingerprint density at radius 2 is 1.88 bits per heavy atom. The summed E-state index contributed by atoms with van der Waals surface area (Å²) < 4.78 is 35.4. The topological polar surface area (TPSA) is 80.8 Å². The van der Waals surface area contributed by atoms with Crippen LogP contribution in [0.4, 0.5) is 14.5 Å². The first-order chi connectivity index (χ1) is 16.2. The highest BCUT2D eigenvalue weighted by atomic mass is 19.3. The molecule has 0 unspecified atom stereocenters. The van der Waals surface area contributed by atoms with Gasteiger partial charge < -0.3 is 14.8 Å². The number of esters is 1. The largest absolute Gasteiger partial charge is 0.466 e. The molecule has 0 spiro atoms. The Balaban J connectivity index is 1.89. The van der Waals surface area contributed by atoms with E-state index in [1.807, 2.05) is 29.2 Å². The van der Waals surface area contributed by atoms with Crippen LogP contribution < -0.4 is 10.1 Å². The van der Waals surface area contributed by atoms with Gasteiger partial charge in [0.15, 0.2) is 0 Å². The summed E-state index contributed by atoms with van der Waals surface area (Å²) in [4.78, 5) is 31.5. The average molecular weight is 476 g/mol. The molecule has 0 radical (unpaired) electrons. The van der Waals surface area contributed by atoms with Crippen molar-refractivity contribution in [2.75, 3.05) is 31.6 Å². The Morgan fingerprint density at radius 1 is 1.18 bits per heavy atom. The number of amides is 1. The molecular formula is C25H31F2N3O4. The SMILES string of the molecule is CCOC(=O)CCN1CC(C(=O)Nc2ccc(C)nc2OC(F)F)(c2ccccc2C(C)C)C1. The smallest absolute Gasteiger partial charge is 0.388 e. The molecule has 1 aliphatic rings. The zero-order valence-corrected chi connectivity index (χ0v) is 19.9. The molecule has 2 aromatic rings. The van der Waals surface area contributed by atoms with Gasteiger partial charge in [-0.25, -0.2) is 4.98 Å². The molecule has 9 heteroatoms. The maximum atomic E-state index is 13.7. The third-order valence-electron chi connectivity index (χ3n) is 5.91. The van der Waals surface area contributed by atoms with Gasteiger partial charge in [0, 0.05) is 25.3 Å². The molecule has 3 rings (SSSR count). The molecule has 0 bridgehead atoms. The first-order valence-corrected chi connectivity index (χ1v) is 11.4. The number of carbonyl (C=O) groups is 2. The lowest BCUT2D eigenvalue weighted by Gasteiger charge is -2.50. The van der Waals surface area contributed by atoms with Crippen LogP contribution in [0.25, 0.3) is 0 Å². The second-order valence-electron chi connectivity index (χ2n) is 8.73. The number of halogens is 2. The van der Waals surface area contributed by atoms with Gasteiger partial charge in [0.05, 0.1) is 18.4 Å². The third-order valence-corrected chi connectivity index (χ3v) is 5.91. The van der Waals surface area contributed by atoms with Gasteiger partial charge in [-0.1, -0.05) is 38.1 Å². The third kappa shape index (κ3) is 5.70. The number of hydrogen-bond acceptors (Lipinski definition) is 6. The van der Waals surface area contributed by atoms with Crippen molar-refractivity contribution < 1.29 is 27.8 Å². The fourth-order valence-electron chi connectivity index (χ4n) is 4.27.